The zero-order valence-electron chi connectivity index (χ0n) is 37.9. The van der Waals surface area contributed by atoms with E-state index in [-0.39, 0.29) is 17.3 Å². The normalized spacial score (nSPS) is 19.2. The van der Waals surface area contributed by atoms with Gasteiger partial charge in [-0.3, -0.25) is 0 Å². The molecule has 0 radical (unpaired) electrons. The summed E-state index contributed by atoms with van der Waals surface area (Å²) in [6.45, 7) is 0. The molecule has 3 nitrogen and oxygen atoms in total. The number of benzene rings is 8. The van der Waals surface area contributed by atoms with Gasteiger partial charge >= 0.3 is 0 Å². The van der Waals surface area contributed by atoms with Crippen LogP contribution in [-0.2, 0) is 5.41 Å². The first-order valence-corrected chi connectivity index (χ1v) is 24.2. The van der Waals surface area contributed by atoms with Crippen LogP contribution in [0, 0.1) is 11.8 Å². The predicted molar refractivity (Wildman–Crippen MR) is 287 cm³/mol. The second-order valence-corrected chi connectivity index (χ2v) is 19.0. The quantitative estimate of drug-likeness (QED) is 0.156. The van der Waals surface area contributed by atoms with Gasteiger partial charge in [-0.2, -0.15) is 0 Å². The van der Waals surface area contributed by atoms with Gasteiger partial charge in [0, 0.05) is 55.5 Å². The van der Waals surface area contributed by atoms with Gasteiger partial charge in [0.05, 0.1) is 33.6 Å². The van der Waals surface area contributed by atoms with E-state index < -0.39 is 0 Å². The van der Waals surface area contributed by atoms with Crippen molar-refractivity contribution in [3.05, 3.63) is 259 Å². The highest BCUT2D eigenvalue weighted by atomic mass is 14.8. The Morgan fingerprint density at radius 3 is 1.84 bits per heavy atom. The van der Waals surface area contributed by atoms with Crippen molar-refractivity contribution in [3.63, 3.8) is 0 Å². The summed E-state index contributed by atoms with van der Waals surface area (Å²) in [6.07, 6.45) is 19.7. The molecule has 3 aliphatic carbocycles. The number of aromatic nitrogens is 3. The Labute approximate surface area is 401 Å². The third-order valence-electron chi connectivity index (χ3n) is 15.3. The van der Waals surface area contributed by atoms with Crippen molar-refractivity contribution in [2.24, 2.45) is 11.8 Å². The minimum absolute atomic E-state index is 0.235. The summed E-state index contributed by atoms with van der Waals surface area (Å²) in [5.41, 5.74) is 15.3. The molecule has 3 heterocycles. The van der Waals surface area contributed by atoms with Gasteiger partial charge in [-0.1, -0.05) is 194 Å². The van der Waals surface area contributed by atoms with Gasteiger partial charge in [0.1, 0.15) is 0 Å². The van der Waals surface area contributed by atoms with E-state index >= 15 is 0 Å². The Balaban J connectivity index is 0.888. The van der Waals surface area contributed by atoms with Gasteiger partial charge in [-0.05, 0) is 105 Å². The van der Waals surface area contributed by atoms with Gasteiger partial charge in [0.15, 0.2) is 0 Å². The number of hydrogen-bond acceptors (Lipinski definition) is 3. The van der Waals surface area contributed by atoms with Crippen LogP contribution in [0.25, 0.3) is 99.2 Å². The molecule has 0 spiro atoms. The average molecular weight is 880 g/mol. The minimum atomic E-state index is -0.235. The van der Waals surface area contributed by atoms with Crippen LogP contribution >= 0.6 is 0 Å². The fourth-order valence-electron chi connectivity index (χ4n) is 12.2. The Bertz CT molecular complexity index is 4010. The second-order valence-electron chi connectivity index (χ2n) is 19.0. The SMILES string of the molecule is C1=CCC(C2(c3ccccc3)c3cc4c(cc3C3C=CC=CC32)c(-c2cccc(-c3ccc5ccc(-c6ccc7ccc8ccc(-c9ccccc9)nc8c7n6)cc5c3)c2)nc2ccccc24)C=C1. The first-order chi connectivity index (χ1) is 34.2. The molecule has 4 atom stereocenters. The molecule has 0 amide bonds. The number of hydrogen-bond donors (Lipinski definition) is 0. The predicted octanol–water partition coefficient (Wildman–Crippen LogP) is 16.6. The highest BCUT2D eigenvalue weighted by Gasteiger charge is 2.55. The molecule has 0 N–H and O–H groups in total. The number of fused-ring (bicyclic) bond motifs is 10. The van der Waals surface area contributed by atoms with E-state index in [2.05, 4.69) is 237 Å². The van der Waals surface area contributed by atoms with Crippen LogP contribution in [0.2, 0.25) is 0 Å². The topological polar surface area (TPSA) is 38.7 Å². The zero-order valence-corrected chi connectivity index (χ0v) is 37.9. The zero-order chi connectivity index (χ0) is 45.5. The van der Waals surface area contributed by atoms with Crippen molar-refractivity contribution in [2.45, 2.75) is 17.8 Å². The lowest BCUT2D eigenvalue weighted by atomic mass is 9.58. The summed E-state index contributed by atoms with van der Waals surface area (Å²) < 4.78 is 0. The minimum Gasteiger partial charge on any atom is -0.247 e. The van der Waals surface area contributed by atoms with Crippen LogP contribution < -0.4 is 0 Å². The van der Waals surface area contributed by atoms with E-state index in [1.165, 1.54) is 43.6 Å². The molecule has 8 aromatic carbocycles. The largest absolute Gasteiger partial charge is 0.247 e. The third kappa shape index (κ3) is 6.31. The monoisotopic (exact) mass is 879 g/mol. The van der Waals surface area contributed by atoms with Crippen LogP contribution in [0.1, 0.15) is 29.0 Å². The maximum absolute atomic E-state index is 5.51. The molecule has 0 saturated heterocycles. The van der Waals surface area contributed by atoms with Crippen molar-refractivity contribution in [1.82, 2.24) is 15.0 Å². The molecule has 3 aromatic heterocycles. The maximum atomic E-state index is 5.51. The molecule has 69 heavy (non-hydrogen) atoms. The summed E-state index contributed by atoms with van der Waals surface area (Å²) in [6, 6.07) is 70.8. The summed E-state index contributed by atoms with van der Waals surface area (Å²) in [5, 5.41) is 8.14. The molecule has 14 rings (SSSR count). The first-order valence-electron chi connectivity index (χ1n) is 24.2. The lowest BCUT2D eigenvalue weighted by Crippen LogP contribution is -2.40. The first kappa shape index (κ1) is 39.6. The van der Waals surface area contributed by atoms with Crippen LogP contribution in [-0.4, -0.2) is 15.0 Å². The van der Waals surface area contributed by atoms with E-state index in [0.717, 1.165) is 78.6 Å². The molecule has 0 bridgehead atoms. The van der Waals surface area contributed by atoms with Crippen molar-refractivity contribution in [3.8, 4) is 44.9 Å². The molecule has 0 aliphatic heterocycles. The molecule has 4 unspecified atom stereocenters. The fourth-order valence-corrected chi connectivity index (χ4v) is 12.2. The van der Waals surface area contributed by atoms with Gasteiger partial charge in [-0.25, -0.2) is 15.0 Å². The van der Waals surface area contributed by atoms with Crippen LogP contribution in [0.3, 0.4) is 0 Å². The van der Waals surface area contributed by atoms with Crippen LogP contribution in [0.5, 0.6) is 0 Å². The molecule has 324 valence electrons. The van der Waals surface area contributed by atoms with Crippen molar-refractivity contribution in [2.75, 3.05) is 0 Å². The number of para-hydroxylation sites is 1. The Hall–Kier alpha value is -8.53. The lowest BCUT2D eigenvalue weighted by molar-refractivity contribution is 0.301. The molecule has 3 heteroatoms. The van der Waals surface area contributed by atoms with Crippen molar-refractivity contribution >= 4 is 54.3 Å². The van der Waals surface area contributed by atoms with Gasteiger partial charge in [-0.15, -0.1) is 0 Å². The summed E-state index contributed by atoms with van der Waals surface area (Å²) in [7, 11) is 0. The van der Waals surface area contributed by atoms with Crippen LogP contribution in [0.4, 0.5) is 0 Å². The Morgan fingerprint density at radius 1 is 0.406 bits per heavy atom. The highest BCUT2D eigenvalue weighted by molar-refractivity contribution is 6.12. The molecular weight excluding hydrogens is 835 g/mol. The van der Waals surface area contributed by atoms with E-state index in [1.54, 1.807) is 0 Å². The Morgan fingerprint density at radius 2 is 1.04 bits per heavy atom. The standard InChI is InChI=1S/C66H45N3/c1-4-15-43(16-5-1)60-35-33-44-29-30-45-34-36-61(68-65(45)64(44)67-60)48-32-28-42-27-31-47(38-50(42)39-48)46-17-14-18-49(37-46)63-57-40-56-53-23-10-12-25-58(53)66(51-19-6-2-7-20-51,52-21-8-3-9-22-52)59(56)41-55(57)54-24-11-13-26-62(54)69-63/h1-21,23-41,52-53,58H,22H2. The summed E-state index contributed by atoms with van der Waals surface area (Å²) in [4.78, 5) is 16.0. The summed E-state index contributed by atoms with van der Waals surface area (Å²) >= 11 is 0. The number of rotatable bonds is 6. The van der Waals surface area contributed by atoms with E-state index in [4.69, 9.17) is 15.0 Å². The van der Waals surface area contributed by atoms with Gasteiger partial charge < -0.3 is 0 Å². The third-order valence-corrected chi connectivity index (χ3v) is 15.3. The highest BCUT2D eigenvalue weighted by Crippen LogP contribution is 2.62. The maximum Gasteiger partial charge on any atom is 0.0972 e. The van der Waals surface area contributed by atoms with Gasteiger partial charge in [0.2, 0.25) is 0 Å². The number of pyridine rings is 3. The molecular formula is C66H45N3. The number of allylic oxidation sites excluding steroid dienone is 8. The fraction of sp³-hybridized carbons (Fsp3) is 0.0758. The van der Waals surface area contributed by atoms with Crippen molar-refractivity contribution in [1.29, 1.82) is 0 Å². The average Bonchev–Trinajstić information content (AvgIpc) is 3.72. The smallest absolute Gasteiger partial charge is 0.0972 e. The second kappa shape index (κ2) is 15.8. The van der Waals surface area contributed by atoms with Gasteiger partial charge in [0.25, 0.3) is 0 Å². The molecule has 0 fully saturated rings. The van der Waals surface area contributed by atoms with Crippen LogP contribution in [0.15, 0.2) is 243 Å². The van der Waals surface area contributed by atoms with E-state index in [9.17, 15) is 0 Å². The van der Waals surface area contributed by atoms with E-state index in [0.29, 0.717) is 5.92 Å². The lowest BCUT2D eigenvalue weighted by Gasteiger charge is -2.43. The molecule has 0 saturated carbocycles. The van der Waals surface area contributed by atoms with Crippen molar-refractivity contribution < 1.29 is 0 Å². The molecule has 11 aromatic rings. The van der Waals surface area contributed by atoms with E-state index in [1.807, 2.05) is 6.07 Å². The summed E-state index contributed by atoms with van der Waals surface area (Å²) in [5.74, 6) is 0.833. The molecule has 3 aliphatic rings. The number of nitrogens with zero attached hydrogens (tertiary/aromatic N) is 3. The Kier molecular flexibility index (Phi) is 9.07.